The van der Waals surface area contributed by atoms with Crippen LogP contribution in [0, 0.1) is 5.92 Å². The van der Waals surface area contributed by atoms with Gasteiger partial charge in [-0.2, -0.15) is 0 Å². The Morgan fingerprint density at radius 2 is 2.07 bits per heavy atom. The lowest BCUT2D eigenvalue weighted by atomic mass is 9.99. The average Bonchev–Trinajstić information content (AvgIpc) is 3.00. The standard InChI is InChI=1S/C11H22N2O/c1-4-8(3)10(12)11(14)13(5-2)9-6-7-9/h8-10H,4-7,12H2,1-3H3. The third-order valence-electron chi connectivity index (χ3n) is 3.15. The fraction of sp³-hybridized carbons (Fsp3) is 0.909. The van der Waals surface area contributed by atoms with Crippen LogP contribution in [-0.4, -0.2) is 29.4 Å². The number of carbonyl (C=O) groups is 1. The Morgan fingerprint density at radius 3 is 2.43 bits per heavy atom. The number of rotatable bonds is 5. The van der Waals surface area contributed by atoms with Gasteiger partial charge in [0.25, 0.3) is 0 Å². The topological polar surface area (TPSA) is 46.3 Å². The van der Waals surface area contributed by atoms with E-state index < -0.39 is 0 Å². The van der Waals surface area contributed by atoms with Crippen LogP contribution >= 0.6 is 0 Å². The second-order valence-electron chi connectivity index (χ2n) is 4.27. The molecule has 0 bridgehead atoms. The van der Waals surface area contributed by atoms with Crippen LogP contribution in [0.2, 0.25) is 0 Å². The normalized spacial score (nSPS) is 20.3. The van der Waals surface area contributed by atoms with E-state index in [1.54, 1.807) is 0 Å². The number of hydrogen-bond acceptors (Lipinski definition) is 2. The van der Waals surface area contributed by atoms with Crippen molar-refractivity contribution >= 4 is 5.91 Å². The monoisotopic (exact) mass is 198 g/mol. The summed E-state index contributed by atoms with van der Waals surface area (Å²) in [4.78, 5) is 13.9. The smallest absolute Gasteiger partial charge is 0.239 e. The molecule has 0 saturated heterocycles. The molecule has 1 aliphatic rings. The maximum atomic E-state index is 12.0. The summed E-state index contributed by atoms with van der Waals surface area (Å²) in [5.74, 6) is 0.430. The van der Waals surface area contributed by atoms with Crippen LogP contribution in [0.25, 0.3) is 0 Å². The molecule has 0 aromatic heterocycles. The van der Waals surface area contributed by atoms with Gasteiger partial charge in [0.1, 0.15) is 0 Å². The van der Waals surface area contributed by atoms with E-state index in [-0.39, 0.29) is 17.9 Å². The molecule has 1 rings (SSSR count). The first kappa shape index (κ1) is 11.5. The van der Waals surface area contributed by atoms with E-state index in [1.165, 1.54) is 0 Å². The zero-order chi connectivity index (χ0) is 10.7. The molecule has 0 aliphatic heterocycles. The molecule has 1 saturated carbocycles. The van der Waals surface area contributed by atoms with Crippen molar-refractivity contribution in [2.24, 2.45) is 11.7 Å². The maximum Gasteiger partial charge on any atom is 0.239 e. The highest BCUT2D eigenvalue weighted by atomic mass is 16.2. The zero-order valence-corrected chi connectivity index (χ0v) is 9.49. The molecule has 1 fully saturated rings. The van der Waals surface area contributed by atoms with Crippen molar-refractivity contribution in [1.29, 1.82) is 0 Å². The molecule has 3 heteroatoms. The summed E-state index contributed by atoms with van der Waals surface area (Å²) in [5, 5.41) is 0. The first-order valence-electron chi connectivity index (χ1n) is 5.67. The predicted octanol–water partition coefficient (Wildman–Crippen LogP) is 1.37. The molecule has 82 valence electrons. The summed E-state index contributed by atoms with van der Waals surface area (Å²) in [6, 6.07) is 0.183. The van der Waals surface area contributed by atoms with Gasteiger partial charge in [-0.25, -0.2) is 0 Å². The highest BCUT2D eigenvalue weighted by Crippen LogP contribution is 2.27. The summed E-state index contributed by atoms with van der Waals surface area (Å²) >= 11 is 0. The van der Waals surface area contributed by atoms with Crippen LogP contribution < -0.4 is 5.73 Å². The van der Waals surface area contributed by atoms with Gasteiger partial charge in [0.05, 0.1) is 6.04 Å². The van der Waals surface area contributed by atoms with Crippen molar-refractivity contribution < 1.29 is 4.79 Å². The van der Waals surface area contributed by atoms with Gasteiger partial charge in [0, 0.05) is 12.6 Å². The Balaban J connectivity index is 2.52. The van der Waals surface area contributed by atoms with Crippen molar-refractivity contribution in [3.05, 3.63) is 0 Å². The first-order chi connectivity index (χ1) is 6.61. The molecule has 2 unspecified atom stereocenters. The molecule has 1 aliphatic carbocycles. The zero-order valence-electron chi connectivity index (χ0n) is 9.49. The summed E-state index contributed by atoms with van der Waals surface area (Å²) in [6.07, 6.45) is 3.29. The fourth-order valence-electron chi connectivity index (χ4n) is 1.67. The van der Waals surface area contributed by atoms with Crippen LogP contribution in [-0.2, 0) is 4.79 Å². The summed E-state index contributed by atoms with van der Waals surface area (Å²) < 4.78 is 0. The van der Waals surface area contributed by atoms with Gasteiger partial charge in [0.15, 0.2) is 0 Å². The van der Waals surface area contributed by atoms with Gasteiger partial charge < -0.3 is 10.6 Å². The maximum absolute atomic E-state index is 12.0. The summed E-state index contributed by atoms with van der Waals surface area (Å²) in [6.45, 7) is 6.95. The third kappa shape index (κ3) is 2.47. The highest BCUT2D eigenvalue weighted by Gasteiger charge is 2.34. The molecule has 1 amide bonds. The average molecular weight is 198 g/mol. The van der Waals surface area contributed by atoms with E-state index in [2.05, 4.69) is 6.92 Å². The van der Waals surface area contributed by atoms with Crippen molar-refractivity contribution in [1.82, 2.24) is 4.90 Å². The number of carbonyl (C=O) groups excluding carboxylic acids is 1. The van der Waals surface area contributed by atoms with E-state index in [1.807, 2.05) is 18.7 Å². The molecule has 3 nitrogen and oxygen atoms in total. The largest absolute Gasteiger partial charge is 0.339 e. The van der Waals surface area contributed by atoms with E-state index in [9.17, 15) is 4.79 Å². The first-order valence-corrected chi connectivity index (χ1v) is 5.67. The molecule has 2 atom stereocenters. The molecule has 0 spiro atoms. The SMILES string of the molecule is CCC(C)C(N)C(=O)N(CC)C1CC1. The Kier molecular flexibility index (Phi) is 3.93. The highest BCUT2D eigenvalue weighted by molar-refractivity contribution is 5.82. The van der Waals surface area contributed by atoms with E-state index in [0.717, 1.165) is 25.8 Å². The molecule has 0 radical (unpaired) electrons. The Bertz CT molecular complexity index is 201. The van der Waals surface area contributed by atoms with Gasteiger partial charge in [-0.3, -0.25) is 4.79 Å². The van der Waals surface area contributed by atoms with Crippen molar-refractivity contribution in [2.45, 2.75) is 52.1 Å². The predicted molar refractivity (Wildman–Crippen MR) is 57.8 cm³/mol. The van der Waals surface area contributed by atoms with Crippen LogP contribution in [0.3, 0.4) is 0 Å². The molecule has 14 heavy (non-hydrogen) atoms. The molecule has 0 heterocycles. The minimum atomic E-state index is -0.305. The van der Waals surface area contributed by atoms with Crippen LogP contribution in [0.15, 0.2) is 0 Å². The van der Waals surface area contributed by atoms with Gasteiger partial charge in [-0.1, -0.05) is 20.3 Å². The number of nitrogens with zero attached hydrogens (tertiary/aromatic N) is 1. The van der Waals surface area contributed by atoms with Crippen LogP contribution in [0.1, 0.15) is 40.0 Å². The molecule has 0 aromatic carbocycles. The van der Waals surface area contributed by atoms with Crippen molar-refractivity contribution in [3.63, 3.8) is 0 Å². The number of hydrogen-bond donors (Lipinski definition) is 1. The van der Waals surface area contributed by atoms with Crippen molar-refractivity contribution in [2.75, 3.05) is 6.54 Å². The second kappa shape index (κ2) is 4.78. The van der Waals surface area contributed by atoms with E-state index in [0.29, 0.717) is 6.04 Å². The number of nitrogens with two attached hydrogens (primary N) is 1. The lowest BCUT2D eigenvalue weighted by Crippen LogP contribution is -2.47. The molecule has 0 aromatic rings. The lowest BCUT2D eigenvalue weighted by molar-refractivity contribution is -0.134. The van der Waals surface area contributed by atoms with Crippen LogP contribution in [0.5, 0.6) is 0 Å². The number of likely N-dealkylation sites (N-methyl/N-ethyl adjacent to an activating group) is 1. The minimum absolute atomic E-state index is 0.143. The van der Waals surface area contributed by atoms with Gasteiger partial charge in [-0.05, 0) is 25.7 Å². The van der Waals surface area contributed by atoms with Gasteiger partial charge >= 0.3 is 0 Å². The quantitative estimate of drug-likeness (QED) is 0.725. The van der Waals surface area contributed by atoms with Gasteiger partial charge in [0.2, 0.25) is 5.91 Å². The van der Waals surface area contributed by atoms with E-state index >= 15 is 0 Å². The fourth-order valence-corrected chi connectivity index (χ4v) is 1.67. The third-order valence-corrected chi connectivity index (χ3v) is 3.15. The summed E-state index contributed by atoms with van der Waals surface area (Å²) in [7, 11) is 0. The minimum Gasteiger partial charge on any atom is -0.339 e. The second-order valence-corrected chi connectivity index (χ2v) is 4.27. The molecular weight excluding hydrogens is 176 g/mol. The lowest BCUT2D eigenvalue weighted by Gasteiger charge is -2.26. The Labute approximate surface area is 86.6 Å². The number of amides is 1. The Morgan fingerprint density at radius 1 is 1.50 bits per heavy atom. The van der Waals surface area contributed by atoms with Gasteiger partial charge in [-0.15, -0.1) is 0 Å². The van der Waals surface area contributed by atoms with Crippen molar-refractivity contribution in [3.8, 4) is 0 Å². The Hall–Kier alpha value is -0.570. The molecular formula is C11H22N2O. The summed E-state index contributed by atoms with van der Waals surface area (Å²) in [5.41, 5.74) is 5.92. The van der Waals surface area contributed by atoms with E-state index in [4.69, 9.17) is 5.73 Å². The molecule has 2 N–H and O–H groups in total. The van der Waals surface area contributed by atoms with Crippen LogP contribution in [0.4, 0.5) is 0 Å².